The number of aromatic amines is 1. The van der Waals surface area contributed by atoms with Gasteiger partial charge in [-0.25, -0.2) is 4.98 Å². The van der Waals surface area contributed by atoms with Crippen LogP contribution < -0.4 is 5.32 Å². The fourth-order valence-electron chi connectivity index (χ4n) is 2.79. The van der Waals surface area contributed by atoms with Crippen molar-refractivity contribution in [2.75, 3.05) is 6.54 Å². The average molecular weight is 334 g/mol. The molecule has 3 rings (SSSR count). The summed E-state index contributed by atoms with van der Waals surface area (Å²) in [7, 11) is 0. The number of imidazole rings is 1. The van der Waals surface area contributed by atoms with Gasteiger partial charge >= 0.3 is 0 Å². The Kier molecular flexibility index (Phi) is 4.53. The molecule has 0 radical (unpaired) electrons. The molecular formula is C16H20BrN3. The number of nitrogens with one attached hydrogen (secondary N) is 2. The number of aromatic nitrogens is 2. The van der Waals surface area contributed by atoms with Gasteiger partial charge in [0.2, 0.25) is 0 Å². The summed E-state index contributed by atoms with van der Waals surface area (Å²) in [5.41, 5.74) is 1.47. The molecule has 0 unspecified atom stereocenters. The molecule has 4 heteroatoms. The maximum Gasteiger partial charge on any atom is 0.106 e. The Labute approximate surface area is 128 Å². The van der Waals surface area contributed by atoms with E-state index >= 15 is 0 Å². The molecule has 0 aliphatic heterocycles. The lowest BCUT2D eigenvalue weighted by Crippen LogP contribution is -2.40. The molecule has 106 valence electrons. The zero-order valence-electron chi connectivity index (χ0n) is 11.5. The predicted molar refractivity (Wildman–Crippen MR) is 84.8 cm³/mol. The molecule has 1 saturated carbocycles. The first-order chi connectivity index (χ1) is 9.81. The Balaban J connectivity index is 1.33. The summed E-state index contributed by atoms with van der Waals surface area (Å²) in [4.78, 5) is 7.38. The van der Waals surface area contributed by atoms with Gasteiger partial charge in [-0.05, 0) is 49.4 Å². The minimum atomic E-state index is 0.695. The number of benzene rings is 1. The Morgan fingerprint density at radius 2 is 2.05 bits per heavy atom. The maximum atomic E-state index is 4.24. The third kappa shape index (κ3) is 3.49. The monoisotopic (exact) mass is 333 g/mol. The molecule has 3 nitrogen and oxygen atoms in total. The molecule has 1 aliphatic rings. The number of rotatable bonds is 6. The van der Waals surface area contributed by atoms with Crippen LogP contribution in [0.25, 0.3) is 0 Å². The van der Waals surface area contributed by atoms with Gasteiger partial charge in [-0.2, -0.15) is 0 Å². The summed E-state index contributed by atoms with van der Waals surface area (Å²) in [6.45, 7) is 1.08. The van der Waals surface area contributed by atoms with Gasteiger partial charge in [-0.1, -0.05) is 28.1 Å². The summed E-state index contributed by atoms with van der Waals surface area (Å²) in [6.07, 6.45) is 8.41. The zero-order valence-corrected chi connectivity index (χ0v) is 13.1. The van der Waals surface area contributed by atoms with Crippen LogP contribution in [0, 0.1) is 0 Å². The average Bonchev–Trinajstić information content (AvgIpc) is 2.91. The Hall–Kier alpha value is -1.13. The molecule has 0 bridgehead atoms. The van der Waals surface area contributed by atoms with Gasteiger partial charge < -0.3 is 10.3 Å². The molecular weight excluding hydrogens is 314 g/mol. The summed E-state index contributed by atoms with van der Waals surface area (Å²) in [6, 6.07) is 9.45. The highest BCUT2D eigenvalue weighted by Crippen LogP contribution is 2.37. The molecule has 1 aromatic carbocycles. The van der Waals surface area contributed by atoms with Crippen molar-refractivity contribution in [1.29, 1.82) is 0 Å². The Morgan fingerprint density at radius 1 is 1.25 bits per heavy atom. The highest BCUT2D eigenvalue weighted by molar-refractivity contribution is 9.10. The summed E-state index contributed by atoms with van der Waals surface area (Å²) in [5.74, 6) is 1.83. The zero-order chi connectivity index (χ0) is 13.8. The quantitative estimate of drug-likeness (QED) is 0.792. The van der Waals surface area contributed by atoms with E-state index in [1.165, 1.54) is 18.4 Å². The number of nitrogens with zero attached hydrogens (tertiary/aromatic N) is 1. The van der Waals surface area contributed by atoms with Crippen LogP contribution in [0.15, 0.2) is 41.1 Å². The topological polar surface area (TPSA) is 40.7 Å². The first-order valence-corrected chi connectivity index (χ1v) is 8.07. The van der Waals surface area contributed by atoms with Crippen LogP contribution in [0.1, 0.15) is 36.6 Å². The number of hydrogen-bond donors (Lipinski definition) is 2. The first kappa shape index (κ1) is 13.8. The van der Waals surface area contributed by atoms with Gasteiger partial charge in [-0.3, -0.25) is 0 Å². The van der Waals surface area contributed by atoms with Crippen LogP contribution in [-0.4, -0.2) is 22.6 Å². The van der Waals surface area contributed by atoms with Crippen molar-refractivity contribution in [3.8, 4) is 0 Å². The van der Waals surface area contributed by atoms with Gasteiger partial charge in [0.15, 0.2) is 0 Å². The van der Waals surface area contributed by atoms with Crippen molar-refractivity contribution in [3.63, 3.8) is 0 Å². The van der Waals surface area contributed by atoms with E-state index in [1.54, 1.807) is 0 Å². The lowest BCUT2D eigenvalue weighted by Gasteiger charge is -2.36. The summed E-state index contributed by atoms with van der Waals surface area (Å²) in [5, 5.41) is 3.64. The van der Waals surface area contributed by atoms with Crippen molar-refractivity contribution in [2.45, 2.75) is 37.6 Å². The Morgan fingerprint density at radius 3 is 2.75 bits per heavy atom. The van der Waals surface area contributed by atoms with Gasteiger partial charge in [0.1, 0.15) is 5.82 Å². The van der Waals surface area contributed by atoms with Crippen molar-refractivity contribution in [2.24, 2.45) is 0 Å². The first-order valence-electron chi connectivity index (χ1n) is 7.28. The van der Waals surface area contributed by atoms with E-state index < -0.39 is 0 Å². The standard InChI is InChI=1S/C16H20BrN3/c17-14-5-3-12(4-6-14)13-10-15(11-13)18-7-1-2-16-19-8-9-20-16/h3-6,8-9,13,15,18H,1-2,7,10-11H2,(H,19,20). The summed E-state index contributed by atoms with van der Waals surface area (Å²) >= 11 is 3.48. The minimum absolute atomic E-state index is 0.695. The number of aryl methyl sites for hydroxylation is 1. The normalized spacial score (nSPS) is 21.6. The summed E-state index contributed by atoms with van der Waals surface area (Å²) < 4.78 is 1.16. The lowest BCUT2D eigenvalue weighted by atomic mass is 9.76. The molecule has 2 N–H and O–H groups in total. The third-order valence-corrected chi connectivity index (χ3v) is 4.59. The fourth-order valence-corrected chi connectivity index (χ4v) is 3.05. The smallest absolute Gasteiger partial charge is 0.106 e. The largest absolute Gasteiger partial charge is 0.349 e. The molecule has 1 aromatic heterocycles. The van der Waals surface area contributed by atoms with Crippen LogP contribution in [0.2, 0.25) is 0 Å². The van der Waals surface area contributed by atoms with E-state index in [0.717, 1.165) is 35.6 Å². The fraction of sp³-hybridized carbons (Fsp3) is 0.438. The Bertz CT molecular complexity index is 515. The van der Waals surface area contributed by atoms with E-state index in [4.69, 9.17) is 0 Å². The molecule has 0 saturated heterocycles. The molecule has 2 aromatic rings. The highest BCUT2D eigenvalue weighted by atomic mass is 79.9. The van der Waals surface area contributed by atoms with Crippen LogP contribution in [0.5, 0.6) is 0 Å². The van der Waals surface area contributed by atoms with Gasteiger partial charge in [0.05, 0.1) is 0 Å². The van der Waals surface area contributed by atoms with Crippen molar-refractivity contribution in [1.82, 2.24) is 15.3 Å². The van der Waals surface area contributed by atoms with E-state index in [2.05, 4.69) is 55.5 Å². The molecule has 20 heavy (non-hydrogen) atoms. The van der Waals surface area contributed by atoms with Crippen molar-refractivity contribution >= 4 is 15.9 Å². The van der Waals surface area contributed by atoms with E-state index in [0.29, 0.717) is 6.04 Å². The van der Waals surface area contributed by atoms with Gasteiger partial charge in [0.25, 0.3) is 0 Å². The number of H-pyrrole nitrogens is 1. The molecule has 1 fully saturated rings. The minimum Gasteiger partial charge on any atom is -0.349 e. The van der Waals surface area contributed by atoms with Gasteiger partial charge in [-0.15, -0.1) is 0 Å². The third-order valence-electron chi connectivity index (χ3n) is 4.06. The molecule has 0 amide bonds. The van der Waals surface area contributed by atoms with Crippen molar-refractivity contribution < 1.29 is 0 Å². The van der Waals surface area contributed by atoms with E-state index in [1.807, 2.05) is 12.4 Å². The van der Waals surface area contributed by atoms with Gasteiger partial charge in [0, 0.05) is 29.3 Å². The van der Waals surface area contributed by atoms with Crippen LogP contribution >= 0.6 is 15.9 Å². The van der Waals surface area contributed by atoms with E-state index in [9.17, 15) is 0 Å². The molecule has 1 aliphatic carbocycles. The van der Waals surface area contributed by atoms with Crippen LogP contribution in [-0.2, 0) is 6.42 Å². The van der Waals surface area contributed by atoms with E-state index in [-0.39, 0.29) is 0 Å². The molecule has 1 heterocycles. The lowest BCUT2D eigenvalue weighted by molar-refractivity contribution is 0.290. The predicted octanol–water partition coefficient (Wildman–Crippen LogP) is 3.64. The highest BCUT2D eigenvalue weighted by Gasteiger charge is 2.29. The number of hydrogen-bond acceptors (Lipinski definition) is 2. The SMILES string of the molecule is Brc1ccc(C2CC(NCCCc3ncc[nH]3)C2)cc1. The van der Waals surface area contributed by atoms with Crippen molar-refractivity contribution in [3.05, 3.63) is 52.5 Å². The van der Waals surface area contributed by atoms with Crippen LogP contribution in [0.3, 0.4) is 0 Å². The second kappa shape index (κ2) is 6.55. The second-order valence-corrected chi connectivity index (χ2v) is 6.43. The van der Waals surface area contributed by atoms with Crippen LogP contribution in [0.4, 0.5) is 0 Å². The second-order valence-electron chi connectivity index (χ2n) is 5.51. The molecule has 0 spiro atoms. The maximum absolute atomic E-state index is 4.24. The molecule has 0 atom stereocenters. The number of halogens is 1.